The van der Waals surface area contributed by atoms with Gasteiger partial charge in [0.25, 0.3) is 0 Å². The Morgan fingerprint density at radius 3 is 2.94 bits per heavy atom. The molecule has 2 heterocycles. The maximum Gasteiger partial charge on any atom is 0.324 e. The number of hydrogen-bond donors (Lipinski definition) is 1. The zero-order chi connectivity index (χ0) is 12.3. The normalized spacial score (nSPS) is 10.6. The second-order valence-electron chi connectivity index (χ2n) is 3.53. The molecule has 2 rings (SSSR count). The van der Waals surface area contributed by atoms with E-state index >= 15 is 0 Å². The molecular formula is C10H11N3O3S. The third-order valence-electron chi connectivity index (χ3n) is 2.11. The molecule has 2 aromatic rings. The molecule has 0 fully saturated rings. The smallest absolute Gasteiger partial charge is 0.324 e. The van der Waals surface area contributed by atoms with Crippen LogP contribution in [0.2, 0.25) is 0 Å². The van der Waals surface area contributed by atoms with Gasteiger partial charge in [0, 0.05) is 30.1 Å². The molecule has 1 N–H and O–H groups in total. The number of thiophene rings is 1. The molecule has 0 radical (unpaired) electrons. The maximum absolute atomic E-state index is 10.5. The van der Waals surface area contributed by atoms with Crippen molar-refractivity contribution in [3.05, 3.63) is 44.6 Å². The Labute approximate surface area is 101 Å². The Morgan fingerprint density at radius 2 is 2.35 bits per heavy atom. The van der Waals surface area contributed by atoms with Crippen molar-refractivity contribution in [2.75, 3.05) is 0 Å². The zero-order valence-electron chi connectivity index (χ0n) is 9.17. The highest BCUT2D eigenvalue weighted by Gasteiger charge is 2.09. The van der Waals surface area contributed by atoms with Gasteiger partial charge in [0.2, 0.25) is 0 Å². The molecular weight excluding hydrogens is 242 g/mol. The fourth-order valence-electron chi connectivity index (χ4n) is 1.37. The zero-order valence-corrected chi connectivity index (χ0v) is 9.99. The van der Waals surface area contributed by atoms with E-state index in [-0.39, 0.29) is 9.92 Å². The summed E-state index contributed by atoms with van der Waals surface area (Å²) in [7, 11) is 0. The number of rotatable bonds is 5. The third-order valence-corrected chi connectivity index (χ3v) is 3.15. The average Bonchev–Trinajstić information content (AvgIpc) is 2.88. The van der Waals surface area contributed by atoms with Gasteiger partial charge in [-0.1, -0.05) is 16.5 Å². The van der Waals surface area contributed by atoms with Crippen molar-refractivity contribution in [3.63, 3.8) is 0 Å². The van der Waals surface area contributed by atoms with Crippen molar-refractivity contribution < 1.29 is 9.45 Å². The molecule has 0 aliphatic rings. The fourth-order valence-corrected chi connectivity index (χ4v) is 2.16. The van der Waals surface area contributed by atoms with Crippen LogP contribution in [-0.2, 0) is 13.1 Å². The molecule has 0 bridgehead atoms. The summed E-state index contributed by atoms with van der Waals surface area (Å²) in [5.74, 6) is 0.772. The molecule has 6 nitrogen and oxygen atoms in total. The van der Waals surface area contributed by atoms with Crippen LogP contribution in [0.1, 0.15) is 16.3 Å². The number of aromatic nitrogens is 1. The van der Waals surface area contributed by atoms with Gasteiger partial charge in [0.1, 0.15) is 5.76 Å². The standard InChI is InChI=1S/C10H11N3O3S/c1-7-4-8(12-16-7)5-11-6-9-2-3-10(17-9)13(14)15/h2-4,11H,5-6H2,1H3. The van der Waals surface area contributed by atoms with Crippen LogP contribution in [-0.4, -0.2) is 10.1 Å². The van der Waals surface area contributed by atoms with E-state index < -0.39 is 0 Å². The van der Waals surface area contributed by atoms with Gasteiger partial charge < -0.3 is 9.84 Å². The molecule has 0 atom stereocenters. The van der Waals surface area contributed by atoms with Crippen LogP contribution >= 0.6 is 11.3 Å². The second-order valence-corrected chi connectivity index (χ2v) is 4.68. The lowest BCUT2D eigenvalue weighted by atomic mass is 10.3. The van der Waals surface area contributed by atoms with Crippen LogP contribution in [0.15, 0.2) is 22.7 Å². The Balaban J connectivity index is 1.83. The van der Waals surface area contributed by atoms with Crippen LogP contribution < -0.4 is 5.32 Å². The largest absolute Gasteiger partial charge is 0.361 e. The molecule has 0 amide bonds. The molecule has 0 unspecified atom stereocenters. The molecule has 2 aromatic heterocycles. The summed E-state index contributed by atoms with van der Waals surface area (Å²) in [5.41, 5.74) is 0.827. The van der Waals surface area contributed by atoms with Gasteiger partial charge in [0.15, 0.2) is 0 Å². The van der Waals surface area contributed by atoms with Gasteiger partial charge in [0.05, 0.1) is 10.6 Å². The van der Waals surface area contributed by atoms with Gasteiger partial charge in [-0.25, -0.2) is 0 Å². The maximum atomic E-state index is 10.5. The third kappa shape index (κ3) is 3.11. The van der Waals surface area contributed by atoms with E-state index in [1.807, 2.05) is 13.0 Å². The van der Waals surface area contributed by atoms with E-state index in [4.69, 9.17) is 4.52 Å². The molecule has 90 valence electrons. The first-order chi connectivity index (χ1) is 8.15. The quantitative estimate of drug-likeness (QED) is 0.652. The summed E-state index contributed by atoms with van der Waals surface area (Å²) in [4.78, 5) is 11.0. The van der Waals surface area contributed by atoms with E-state index in [1.165, 1.54) is 17.4 Å². The lowest BCUT2D eigenvalue weighted by Gasteiger charge is -1.97. The summed E-state index contributed by atoms with van der Waals surface area (Å²) >= 11 is 1.18. The first-order valence-electron chi connectivity index (χ1n) is 5.01. The summed E-state index contributed by atoms with van der Waals surface area (Å²) in [5, 5.41) is 17.6. The number of hydrogen-bond acceptors (Lipinski definition) is 6. The van der Waals surface area contributed by atoms with Crippen LogP contribution in [0.4, 0.5) is 5.00 Å². The Hall–Kier alpha value is -1.73. The van der Waals surface area contributed by atoms with Crippen LogP contribution in [0.5, 0.6) is 0 Å². The highest BCUT2D eigenvalue weighted by molar-refractivity contribution is 7.15. The molecule has 0 aliphatic heterocycles. The highest BCUT2D eigenvalue weighted by Crippen LogP contribution is 2.23. The van der Waals surface area contributed by atoms with E-state index in [2.05, 4.69) is 10.5 Å². The van der Waals surface area contributed by atoms with Crippen molar-refractivity contribution in [3.8, 4) is 0 Å². The van der Waals surface area contributed by atoms with Gasteiger partial charge in [-0.2, -0.15) is 0 Å². The van der Waals surface area contributed by atoms with Crippen molar-refractivity contribution in [2.45, 2.75) is 20.0 Å². The van der Waals surface area contributed by atoms with E-state index in [1.54, 1.807) is 6.07 Å². The lowest BCUT2D eigenvalue weighted by Crippen LogP contribution is -2.11. The van der Waals surface area contributed by atoms with Gasteiger partial charge in [-0.05, 0) is 13.0 Å². The lowest BCUT2D eigenvalue weighted by molar-refractivity contribution is -0.380. The highest BCUT2D eigenvalue weighted by atomic mass is 32.1. The molecule has 0 aromatic carbocycles. The molecule has 0 aliphatic carbocycles. The van der Waals surface area contributed by atoms with Gasteiger partial charge in [-0.15, -0.1) is 0 Å². The van der Waals surface area contributed by atoms with E-state index in [0.29, 0.717) is 13.1 Å². The number of aryl methyl sites for hydroxylation is 1. The Kier molecular flexibility index (Phi) is 3.50. The van der Waals surface area contributed by atoms with Crippen molar-refractivity contribution in [1.29, 1.82) is 0 Å². The minimum Gasteiger partial charge on any atom is -0.361 e. The fraction of sp³-hybridized carbons (Fsp3) is 0.300. The van der Waals surface area contributed by atoms with Gasteiger partial charge >= 0.3 is 5.00 Å². The van der Waals surface area contributed by atoms with Gasteiger partial charge in [-0.3, -0.25) is 10.1 Å². The molecule has 7 heteroatoms. The average molecular weight is 253 g/mol. The summed E-state index contributed by atoms with van der Waals surface area (Å²) < 4.78 is 4.93. The predicted octanol–water partition coefficient (Wildman–Crippen LogP) is 2.24. The monoisotopic (exact) mass is 253 g/mol. The van der Waals surface area contributed by atoms with Crippen LogP contribution in [0.3, 0.4) is 0 Å². The molecule has 0 saturated carbocycles. The first-order valence-corrected chi connectivity index (χ1v) is 5.83. The topological polar surface area (TPSA) is 81.2 Å². The predicted molar refractivity (Wildman–Crippen MR) is 62.8 cm³/mol. The molecule has 0 saturated heterocycles. The molecule has 0 spiro atoms. The minimum absolute atomic E-state index is 0.166. The minimum atomic E-state index is -0.380. The number of nitrogens with one attached hydrogen (secondary N) is 1. The Bertz CT molecular complexity index is 520. The van der Waals surface area contributed by atoms with E-state index in [0.717, 1.165) is 16.3 Å². The van der Waals surface area contributed by atoms with Crippen LogP contribution in [0.25, 0.3) is 0 Å². The van der Waals surface area contributed by atoms with Crippen molar-refractivity contribution >= 4 is 16.3 Å². The summed E-state index contributed by atoms with van der Waals surface area (Å²) in [6.07, 6.45) is 0. The first kappa shape index (κ1) is 11.7. The Morgan fingerprint density at radius 1 is 1.53 bits per heavy atom. The second kappa shape index (κ2) is 5.07. The number of nitrogens with zero attached hydrogens (tertiary/aromatic N) is 2. The SMILES string of the molecule is Cc1cc(CNCc2ccc([N+](=O)[O-])s2)no1. The van der Waals surface area contributed by atoms with Crippen molar-refractivity contribution in [2.24, 2.45) is 0 Å². The number of nitro groups is 1. The van der Waals surface area contributed by atoms with Crippen molar-refractivity contribution in [1.82, 2.24) is 10.5 Å². The van der Waals surface area contributed by atoms with E-state index in [9.17, 15) is 10.1 Å². The molecule has 17 heavy (non-hydrogen) atoms. The summed E-state index contributed by atoms with van der Waals surface area (Å²) in [6, 6.07) is 5.12. The summed E-state index contributed by atoms with van der Waals surface area (Å²) in [6.45, 7) is 3.01. The van der Waals surface area contributed by atoms with Crippen LogP contribution in [0, 0.1) is 17.0 Å².